The molecule has 0 aliphatic carbocycles. The molecule has 4 heterocycles. The number of rotatable bonds is 9. The lowest BCUT2D eigenvalue weighted by Crippen LogP contribution is -2.63. The molecular weight excluding hydrogens is 711 g/mol. The van der Waals surface area contributed by atoms with Gasteiger partial charge in [0.25, 0.3) is 0 Å². The topological polar surface area (TPSA) is 175 Å². The van der Waals surface area contributed by atoms with Crippen molar-refractivity contribution in [2.75, 3.05) is 19.6 Å². The van der Waals surface area contributed by atoms with E-state index in [9.17, 15) is 38.0 Å². The summed E-state index contributed by atoms with van der Waals surface area (Å²) < 4.78 is 20.1. The van der Waals surface area contributed by atoms with Crippen LogP contribution in [-0.4, -0.2) is 118 Å². The van der Waals surface area contributed by atoms with Crippen LogP contribution in [0, 0.1) is 11.7 Å². The van der Waals surface area contributed by atoms with E-state index in [2.05, 4.69) is 16.0 Å². The van der Waals surface area contributed by atoms with Gasteiger partial charge in [-0.05, 0) is 88.5 Å². The van der Waals surface area contributed by atoms with Crippen molar-refractivity contribution in [1.82, 2.24) is 30.7 Å². The quantitative estimate of drug-likeness (QED) is 0.195. The van der Waals surface area contributed by atoms with Gasteiger partial charge in [-0.25, -0.2) is 9.18 Å². The van der Waals surface area contributed by atoms with Crippen LogP contribution in [0.25, 0.3) is 0 Å². The zero-order valence-electron chi connectivity index (χ0n) is 32.3. The molecule has 8 atom stereocenters. The van der Waals surface area contributed by atoms with Gasteiger partial charge in [0.05, 0.1) is 0 Å². The van der Waals surface area contributed by atoms with E-state index in [1.807, 2.05) is 13.8 Å². The van der Waals surface area contributed by atoms with Crippen LogP contribution in [0.4, 0.5) is 4.39 Å². The van der Waals surface area contributed by atoms with Crippen molar-refractivity contribution in [2.24, 2.45) is 5.92 Å². The number of nitrogens with one attached hydrogen (secondary N) is 3. The number of piperidine rings is 1. The van der Waals surface area contributed by atoms with Crippen molar-refractivity contribution in [3.05, 3.63) is 47.8 Å². The molecule has 6 amide bonds. The van der Waals surface area contributed by atoms with Gasteiger partial charge in [-0.15, -0.1) is 0 Å². The molecule has 4 aliphatic heterocycles. The minimum absolute atomic E-state index is 0.119. The van der Waals surface area contributed by atoms with Crippen molar-refractivity contribution < 1.29 is 42.7 Å². The van der Waals surface area contributed by atoms with E-state index >= 15 is 0 Å². The molecule has 3 N–H and O–H groups in total. The lowest BCUT2D eigenvalue weighted by atomic mass is 9.91. The summed E-state index contributed by atoms with van der Waals surface area (Å²) in [6.07, 6.45) is 6.71. The van der Waals surface area contributed by atoms with Crippen molar-refractivity contribution in [1.29, 1.82) is 0 Å². The minimum atomic E-state index is -1.50. The lowest BCUT2D eigenvalue weighted by molar-refractivity contribution is -0.163. The highest BCUT2D eigenvalue weighted by atomic mass is 19.1. The van der Waals surface area contributed by atoms with Gasteiger partial charge in [-0.3, -0.25) is 28.8 Å². The summed E-state index contributed by atoms with van der Waals surface area (Å²) in [6, 6.07) is -0.960. The first-order chi connectivity index (χ1) is 26.3. The molecule has 0 aromatic heterocycles. The molecule has 4 saturated heterocycles. The number of benzene rings is 1. The summed E-state index contributed by atoms with van der Waals surface area (Å²) >= 11 is 0. The third-order valence-electron chi connectivity index (χ3n) is 11.1. The number of hydrogen-bond donors (Lipinski definition) is 3. The second kappa shape index (κ2) is 18.7. The first-order valence-electron chi connectivity index (χ1n) is 19.7. The van der Waals surface area contributed by atoms with Crippen LogP contribution >= 0.6 is 0 Å². The minimum Gasteiger partial charge on any atom is -0.458 e. The molecule has 0 bridgehead atoms. The summed E-state index contributed by atoms with van der Waals surface area (Å²) in [7, 11) is 0. The number of nitrogens with zero attached hydrogens (tertiary/aromatic N) is 3. The fraction of sp³-hybridized carbons (Fsp3) is 0.625. The zero-order chi connectivity index (χ0) is 39.8. The molecule has 1 aromatic carbocycles. The van der Waals surface area contributed by atoms with Crippen molar-refractivity contribution >= 4 is 41.4 Å². The van der Waals surface area contributed by atoms with Gasteiger partial charge in [0.2, 0.25) is 35.4 Å². The number of cyclic esters (lactones) is 1. The zero-order valence-corrected chi connectivity index (χ0v) is 32.3. The molecule has 4 fully saturated rings. The number of carbonyl (C=O) groups is 7. The fourth-order valence-corrected chi connectivity index (χ4v) is 8.01. The standard InChI is InChI=1S/C40H55FN6O8/c1-5-6-7-8-16-33(48)43-29(23-27-12-9-13-28(41)22-27)35(49)44-34-26(4)55-40(54)31-15-11-19-46(31)37(51)25(3)42-36(50)32-21-24(2)17-20-47(32)38(52)30-14-10-18-45(30)39(34)53/h8-9,12-13,16,22,24-26,29-32,34H,5-7,10-11,14-15,17-21,23H2,1-4H3,(H,42,50)(H,43,48)(H,44,49)/t24?,25-,26-,29-,30-,31-,32+,34-/m0/s1. The summed E-state index contributed by atoms with van der Waals surface area (Å²) in [6.45, 7) is 7.74. The number of unbranched alkanes of at least 4 members (excludes halogenated alkanes) is 2. The molecule has 0 saturated carbocycles. The lowest BCUT2D eigenvalue weighted by Gasteiger charge is -2.41. The third-order valence-corrected chi connectivity index (χ3v) is 11.1. The third kappa shape index (κ3) is 10.1. The predicted octanol–water partition coefficient (Wildman–Crippen LogP) is 2.14. The number of allylic oxidation sites excluding steroid dienone is 1. The van der Waals surface area contributed by atoms with Gasteiger partial charge in [0.1, 0.15) is 48.2 Å². The van der Waals surface area contributed by atoms with Gasteiger partial charge in [0, 0.05) is 26.1 Å². The Morgan fingerprint density at radius 2 is 1.62 bits per heavy atom. The maximum absolute atomic E-state index is 14.6. The summed E-state index contributed by atoms with van der Waals surface area (Å²) in [4.78, 5) is 102. The van der Waals surface area contributed by atoms with E-state index < -0.39 is 89.6 Å². The first-order valence-corrected chi connectivity index (χ1v) is 19.7. The van der Waals surface area contributed by atoms with E-state index in [0.717, 1.165) is 12.8 Å². The van der Waals surface area contributed by atoms with Crippen LogP contribution in [0.2, 0.25) is 0 Å². The van der Waals surface area contributed by atoms with Crippen molar-refractivity contribution in [2.45, 2.75) is 134 Å². The number of fused-ring (bicyclic) bond motifs is 3. The molecule has 5 rings (SSSR count). The highest BCUT2D eigenvalue weighted by Crippen LogP contribution is 2.29. The molecule has 0 spiro atoms. The smallest absolute Gasteiger partial charge is 0.329 e. The van der Waals surface area contributed by atoms with Crippen molar-refractivity contribution in [3.8, 4) is 0 Å². The number of amides is 6. The van der Waals surface area contributed by atoms with Crippen LogP contribution in [0.15, 0.2) is 36.4 Å². The summed E-state index contributed by atoms with van der Waals surface area (Å²) in [5, 5.41) is 8.19. The summed E-state index contributed by atoms with van der Waals surface area (Å²) in [5.41, 5.74) is 0.416. The second-order valence-electron chi connectivity index (χ2n) is 15.4. The SMILES string of the molecule is CCCCC=CC(=O)N[C@@H](Cc1cccc(F)c1)C(=O)N[C@@H]1C(=O)N2CCC[C@H]2C(=O)N2CCC(C)C[C@@H]2C(=O)N[C@@H](C)C(=O)N2CCC[C@H]2C(=O)O[C@H]1C. The Kier molecular flexibility index (Phi) is 14.0. The number of hydrogen-bond acceptors (Lipinski definition) is 8. The molecule has 0 radical (unpaired) electrons. The van der Waals surface area contributed by atoms with E-state index in [0.29, 0.717) is 50.5 Å². The Hall–Kier alpha value is -4.82. The van der Waals surface area contributed by atoms with E-state index in [4.69, 9.17) is 4.74 Å². The highest BCUT2D eigenvalue weighted by Gasteiger charge is 2.47. The normalized spacial score (nSPS) is 28.6. The van der Waals surface area contributed by atoms with Crippen LogP contribution < -0.4 is 16.0 Å². The van der Waals surface area contributed by atoms with Crippen LogP contribution in [0.1, 0.15) is 91.0 Å². The average Bonchev–Trinajstić information content (AvgIpc) is 3.85. The molecule has 15 heteroatoms. The Morgan fingerprint density at radius 1 is 0.927 bits per heavy atom. The Morgan fingerprint density at radius 3 is 2.33 bits per heavy atom. The van der Waals surface area contributed by atoms with Gasteiger partial charge < -0.3 is 35.4 Å². The number of halogens is 1. The van der Waals surface area contributed by atoms with E-state index in [-0.39, 0.29) is 32.0 Å². The Balaban J connectivity index is 1.49. The molecule has 1 unspecified atom stereocenters. The van der Waals surface area contributed by atoms with Crippen LogP contribution in [-0.2, 0) is 44.7 Å². The van der Waals surface area contributed by atoms with Gasteiger partial charge in [-0.1, -0.05) is 44.9 Å². The molecular formula is C40H55FN6O8. The monoisotopic (exact) mass is 766 g/mol. The number of esters is 1. The molecule has 300 valence electrons. The maximum Gasteiger partial charge on any atom is 0.329 e. The molecule has 1 aromatic rings. The van der Waals surface area contributed by atoms with E-state index in [1.54, 1.807) is 19.1 Å². The van der Waals surface area contributed by atoms with Crippen LogP contribution in [0.3, 0.4) is 0 Å². The molecule has 4 aliphatic rings. The van der Waals surface area contributed by atoms with Crippen LogP contribution in [0.5, 0.6) is 0 Å². The summed E-state index contributed by atoms with van der Waals surface area (Å²) in [5.74, 6) is -4.57. The Bertz CT molecular complexity index is 1650. The largest absolute Gasteiger partial charge is 0.458 e. The predicted molar refractivity (Wildman–Crippen MR) is 199 cm³/mol. The van der Waals surface area contributed by atoms with Gasteiger partial charge >= 0.3 is 5.97 Å². The van der Waals surface area contributed by atoms with E-state index in [1.165, 1.54) is 45.9 Å². The molecule has 14 nitrogen and oxygen atoms in total. The second-order valence-corrected chi connectivity index (χ2v) is 15.4. The number of ether oxygens (including phenoxy) is 1. The maximum atomic E-state index is 14.6. The fourth-order valence-electron chi connectivity index (χ4n) is 8.01. The van der Waals surface area contributed by atoms with Crippen molar-refractivity contribution in [3.63, 3.8) is 0 Å². The Labute approximate surface area is 321 Å². The van der Waals surface area contributed by atoms with Gasteiger partial charge in [0.15, 0.2) is 0 Å². The highest BCUT2D eigenvalue weighted by molar-refractivity contribution is 5.98. The number of carbonyl (C=O) groups excluding carboxylic acids is 7. The average molecular weight is 767 g/mol. The van der Waals surface area contributed by atoms with Gasteiger partial charge in [-0.2, -0.15) is 0 Å². The molecule has 55 heavy (non-hydrogen) atoms. The first kappa shape index (κ1) is 41.3.